The zero-order chi connectivity index (χ0) is 15.9. The lowest BCUT2D eigenvalue weighted by molar-refractivity contribution is 0.435. The molecule has 0 radical (unpaired) electrons. The first-order chi connectivity index (χ1) is 11.2. The number of anilines is 1. The number of nitrogens with zero attached hydrogens (tertiary/aromatic N) is 3. The van der Waals surface area contributed by atoms with E-state index in [4.69, 9.17) is 4.98 Å². The van der Waals surface area contributed by atoms with Crippen molar-refractivity contribution in [3.8, 4) is 0 Å². The van der Waals surface area contributed by atoms with Crippen LogP contribution in [-0.2, 0) is 5.54 Å². The average molecular weight is 311 g/mol. The monoisotopic (exact) mass is 311 g/mol. The summed E-state index contributed by atoms with van der Waals surface area (Å²) < 4.78 is 2.11. The van der Waals surface area contributed by atoms with Crippen molar-refractivity contribution in [3.05, 3.63) is 35.9 Å². The minimum atomic E-state index is -0.154. The fraction of sp³-hybridized carbons (Fsp3) is 0.556. The molecule has 122 valence electrons. The lowest BCUT2D eigenvalue weighted by atomic mass is 9.93. The normalized spacial score (nSPS) is 25.0. The third kappa shape index (κ3) is 2.58. The number of hydrogen-bond donors (Lipinski definition) is 2. The number of hydrogen-bond acceptors (Lipinski definition) is 4. The molecule has 2 aromatic rings. The number of nitrogens with one attached hydrogen (secondary N) is 2. The highest BCUT2D eigenvalue weighted by atomic mass is 15.2. The Morgan fingerprint density at radius 2 is 2.09 bits per heavy atom. The van der Waals surface area contributed by atoms with Crippen LogP contribution in [0.5, 0.6) is 0 Å². The van der Waals surface area contributed by atoms with Gasteiger partial charge in [-0.25, -0.2) is 9.97 Å². The first kappa shape index (κ1) is 14.5. The van der Waals surface area contributed by atoms with E-state index < -0.39 is 0 Å². The van der Waals surface area contributed by atoms with E-state index in [1.165, 1.54) is 32.1 Å². The minimum Gasteiger partial charge on any atom is -0.380 e. The molecule has 4 rings (SSSR count). The van der Waals surface area contributed by atoms with Crippen molar-refractivity contribution >= 4 is 11.6 Å². The molecule has 0 saturated heterocycles. The summed E-state index contributed by atoms with van der Waals surface area (Å²) in [6, 6.07) is 2.59. The zero-order valence-corrected chi connectivity index (χ0v) is 14.0. The van der Waals surface area contributed by atoms with E-state index in [-0.39, 0.29) is 5.54 Å². The van der Waals surface area contributed by atoms with Crippen LogP contribution in [0.15, 0.2) is 24.5 Å². The number of rotatable bonds is 3. The van der Waals surface area contributed by atoms with Crippen LogP contribution in [-0.4, -0.2) is 20.4 Å². The SMILES string of the molecule is Cc1ccn2c(NC3CCCCC3)c(C3(C)CC=CN3)nc2n1. The molecule has 5 heteroatoms. The van der Waals surface area contributed by atoms with Crippen molar-refractivity contribution in [1.29, 1.82) is 0 Å². The molecule has 5 nitrogen and oxygen atoms in total. The van der Waals surface area contributed by atoms with Crippen LogP contribution < -0.4 is 10.6 Å². The smallest absolute Gasteiger partial charge is 0.235 e. The summed E-state index contributed by atoms with van der Waals surface area (Å²) in [5.41, 5.74) is 1.92. The van der Waals surface area contributed by atoms with Gasteiger partial charge in [-0.2, -0.15) is 0 Å². The van der Waals surface area contributed by atoms with Crippen LogP contribution in [0.25, 0.3) is 5.78 Å². The van der Waals surface area contributed by atoms with E-state index >= 15 is 0 Å². The Hall–Kier alpha value is -2.04. The molecule has 0 amide bonds. The van der Waals surface area contributed by atoms with E-state index in [9.17, 15) is 0 Å². The summed E-state index contributed by atoms with van der Waals surface area (Å²) in [6.07, 6.45) is 13.7. The Labute approximate surface area is 137 Å². The van der Waals surface area contributed by atoms with E-state index in [0.29, 0.717) is 6.04 Å². The molecular formula is C18H25N5. The lowest BCUT2D eigenvalue weighted by Gasteiger charge is -2.28. The predicted molar refractivity (Wildman–Crippen MR) is 92.5 cm³/mol. The van der Waals surface area contributed by atoms with Crippen LogP contribution in [0, 0.1) is 6.92 Å². The van der Waals surface area contributed by atoms with Crippen LogP contribution in [0.2, 0.25) is 0 Å². The molecule has 1 aliphatic carbocycles. The largest absolute Gasteiger partial charge is 0.380 e. The summed E-state index contributed by atoms with van der Waals surface area (Å²) in [5, 5.41) is 7.27. The van der Waals surface area contributed by atoms with E-state index in [2.05, 4.69) is 39.2 Å². The summed E-state index contributed by atoms with van der Waals surface area (Å²) in [6.45, 7) is 4.23. The summed E-state index contributed by atoms with van der Waals surface area (Å²) in [5.74, 6) is 1.89. The Bertz CT molecular complexity index is 731. The maximum absolute atomic E-state index is 4.88. The molecule has 23 heavy (non-hydrogen) atoms. The Morgan fingerprint density at radius 1 is 1.26 bits per heavy atom. The van der Waals surface area contributed by atoms with Crippen molar-refractivity contribution in [1.82, 2.24) is 19.7 Å². The van der Waals surface area contributed by atoms with Gasteiger partial charge in [0.1, 0.15) is 11.5 Å². The van der Waals surface area contributed by atoms with E-state index in [1.807, 2.05) is 19.2 Å². The Balaban J connectivity index is 1.78. The van der Waals surface area contributed by atoms with Gasteiger partial charge in [-0.3, -0.25) is 4.40 Å². The van der Waals surface area contributed by atoms with Crippen LogP contribution >= 0.6 is 0 Å². The van der Waals surface area contributed by atoms with Gasteiger partial charge in [-0.05, 0) is 45.4 Å². The van der Waals surface area contributed by atoms with Crippen molar-refractivity contribution in [2.45, 2.75) is 64.0 Å². The van der Waals surface area contributed by atoms with Gasteiger partial charge in [-0.1, -0.05) is 25.3 Å². The number of imidazole rings is 1. The van der Waals surface area contributed by atoms with Gasteiger partial charge in [-0.15, -0.1) is 0 Å². The molecule has 1 saturated carbocycles. The second-order valence-corrected chi connectivity index (χ2v) is 7.11. The number of aromatic nitrogens is 3. The minimum absolute atomic E-state index is 0.154. The van der Waals surface area contributed by atoms with Crippen LogP contribution in [0.4, 0.5) is 5.82 Å². The van der Waals surface area contributed by atoms with Gasteiger partial charge in [0.15, 0.2) is 0 Å². The third-order valence-corrected chi connectivity index (χ3v) is 5.15. The van der Waals surface area contributed by atoms with Crippen molar-refractivity contribution in [2.24, 2.45) is 0 Å². The molecule has 2 aromatic heterocycles. The first-order valence-corrected chi connectivity index (χ1v) is 8.71. The Morgan fingerprint density at radius 3 is 2.83 bits per heavy atom. The first-order valence-electron chi connectivity index (χ1n) is 8.71. The third-order valence-electron chi connectivity index (χ3n) is 5.15. The van der Waals surface area contributed by atoms with Gasteiger partial charge in [0, 0.05) is 17.9 Å². The summed E-state index contributed by atoms with van der Waals surface area (Å²) in [7, 11) is 0. The maximum Gasteiger partial charge on any atom is 0.235 e. The van der Waals surface area contributed by atoms with Crippen LogP contribution in [0.1, 0.15) is 56.8 Å². The van der Waals surface area contributed by atoms with Gasteiger partial charge < -0.3 is 10.6 Å². The van der Waals surface area contributed by atoms with Gasteiger partial charge in [0.05, 0.1) is 5.54 Å². The fourth-order valence-corrected chi connectivity index (χ4v) is 3.74. The maximum atomic E-state index is 4.88. The summed E-state index contributed by atoms with van der Waals surface area (Å²) >= 11 is 0. The second kappa shape index (κ2) is 5.55. The van der Waals surface area contributed by atoms with Crippen molar-refractivity contribution < 1.29 is 0 Å². The molecule has 1 fully saturated rings. The average Bonchev–Trinajstić information content (AvgIpc) is 3.14. The molecule has 2 aliphatic rings. The molecule has 2 N–H and O–H groups in total. The summed E-state index contributed by atoms with van der Waals surface area (Å²) in [4.78, 5) is 9.50. The van der Waals surface area contributed by atoms with Gasteiger partial charge in [0.25, 0.3) is 0 Å². The molecule has 3 heterocycles. The fourth-order valence-electron chi connectivity index (χ4n) is 3.74. The lowest BCUT2D eigenvalue weighted by Crippen LogP contribution is -2.34. The highest BCUT2D eigenvalue weighted by molar-refractivity contribution is 5.56. The van der Waals surface area contributed by atoms with E-state index in [1.54, 1.807) is 0 Å². The molecule has 0 aromatic carbocycles. The molecule has 1 atom stereocenters. The highest BCUT2D eigenvalue weighted by Crippen LogP contribution is 2.35. The predicted octanol–water partition coefficient (Wildman–Crippen LogP) is 3.50. The van der Waals surface area contributed by atoms with Crippen LogP contribution in [0.3, 0.4) is 0 Å². The quantitative estimate of drug-likeness (QED) is 0.911. The zero-order valence-electron chi connectivity index (χ0n) is 14.0. The molecule has 0 spiro atoms. The van der Waals surface area contributed by atoms with Crippen molar-refractivity contribution in [3.63, 3.8) is 0 Å². The topological polar surface area (TPSA) is 54.2 Å². The Kier molecular flexibility index (Phi) is 3.51. The van der Waals surface area contributed by atoms with Gasteiger partial charge in [0.2, 0.25) is 5.78 Å². The van der Waals surface area contributed by atoms with Crippen molar-refractivity contribution in [2.75, 3.05) is 5.32 Å². The number of fused-ring (bicyclic) bond motifs is 1. The standard InChI is InChI=1S/C18H25N5/c1-13-9-12-23-16(21-14-7-4-3-5-8-14)15(22-17(23)20-13)18(2)10-6-11-19-18/h6,9,11-12,14,19,21H,3-5,7-8,10H2,1-2H3. The molecule has 1 unspecified atom stereocenters. The molecule has 1 aliphatic heterocycles. The van der Waals surface area contributed by atoms with Gasteiger partial charge >= 0.3 is 0 Å². The number of aryl methyl sites for hydroxylation is 1. The van der Waals surface area contributed by atoms with E-state index in [0.717, 1.165) is 29.4 Å². The highest BCUT2D eigenvalue weighted by Gasteiger charge is 2.34. The second-order valence-electron chi connectivity index (χ2n) is 7.11. The molecular weight excluding hydrogens is 286 g/mol. The molecule has 0 bridgehead atoms.